The summed E-state index contributed by atoms with van der Waals surface area (Å²) in [5.41, 5.74) is 3.37. The van der Waals surface area contributed by atoms with E-state index >= 15 is 0 Å². The fraction of sp³-hybridized carbons (Fsp3) is 0.684. The molecule has 0 amide bonds. The van der Waals surface area contributed by atoms with Crippen LogP contribution in [-0.2, 0) is 5.41 Å². The molecule has 0 aromatic heterocycles. The molecular weight excluding hydrogens is 228 g/mol. The summed E-state index contributed by atoms with van der Waals surface area (Å²) in [4.78, 5) is 0. The van der Waals surface area contributed by atoms with Gasteiger partial charge >= 0.3 is 0 Å². The summed E-state index contributed by atoms with van der Waals surface area (Å²) in [5.74, 6) is 2.53. The predicted octanol–water partition coefficient (Wildman–Crippen LogP) is 6.02. The van der Waals surface area contributed by atoms with Gasteiger partial charge in [0, 0.05) is 5.41 Å². The Morgan fingerprint density at radius 3 is 1.47 bits per heavy atom. The van der Waals surface area contributed by atoms with Gasteiger partial charge in [0.05, 0.1) is 0 Å². The number of rotatable bonds is 5. The first-order valence-corrected chi connectivity index (χ1v) is 7.85. The third kappa shape index (κ3) is 2.73. The fourth-order valence-corrected chi connectivity index (χ4v) is 4.33. The molecule has 0 aliphatic rings. The van der Waals surface area contributed by atoms with Crippen molar-refractivity contribution in [2.45, 2.75) is 66.7 Å². The first-order valence-electron chi connectivity index (χ1n) is 7.85. The molecule has 1 aromatic rings. The molecule has 0 unspecified atom stereocenters. The normalized spacial score (nSPS) is 13.1. The lowest BCUT2D eigenvalue weighted by molar-refractivity contribution is 0.146. The van der Waals surface area contributed by atoms with E-state index < -0.39 is 0 Å². The molecule has 0 bridgehead atoms. The fourth-order valence-electron chi connectivity index (χ4n) is 4.33. The monoisotopic (exact) mass is 260 g/mol. The molecule has 19 heavy (non-hydrogen) atoms. The molecule has 0 nitrogen and oxygen atoms in total. The zero-order valence-corrected chi connectivity index (χ0v) is 14.1. The molecule has 0 atom stereocenters. The molecule has 0 N–H and O–H groups in total. The van der Waals surface area contributed by atoms with Crippen LogP contribution in [0, 0.1) is 17.8 Å². The second kappa shape index (κ2) is 6.11. The van der Waals surface area contributed by atoms with Gasteiger partial charge < -0.3 is 0 Å². The maximum atomic E-state index is 2.39. The minimum Gasteiger partial charge on any atom is -0.0620 e. The summed E-state index contributed by atoms with van der Waals surface area (Å²) in [6.45, 7) is 18.9. The molecule has 0 saturated carbocycles. The Morgan fingerprint density at radius 2 is 1.11 bits per heavy atom. The van der Waals surface area contributed by atoms with Crippen molar-refractivity contribution in [2.75, 3.05) is 0 Å². The Kier molecular flexibility index (Phi) is 5.24. The summed E-state index contributed by atoms with van der Waals surface area (Å²) in [5, 5.41) is 0. The number of hydrogen-bond acceptors (Lipinski definition) is 0. The lowest BCUT2D eigenvalue weighted by atomic mass is 9.57. The van der Waals surface area contributed by atoms with Gasteiger partial charge in [-0.3, -0.25) is 0 Å². The van der Waals surface area contributed by atoms with Crippen molar-refractivity contribution in [3.8, 4) is 0 Å². The van der Waals surface area contributed by atoms with E-state index in [-0.39, 0.29) is 5.41 Å². The molecule has 1 rings (SSSR count). The van der Waals surface area contributed by atoms with Gasteiger partial charge in [-0.1, -0.05) is 79.7 Å². The van der Waals surface area contributed by atoms with Crippen LogP contribution < -0.4 is 0 Å². The van der Waals surface area contributed by atoms with Crippen LogP contribution in [0.2, 0.25) is 0 Å². The van der Waals surface area contributed by atoms with E-state index in [1.54, 1.807) is 5.56 Å². The first kappa shape index (κ1) is 16.3. The average molecular weight is 260 g/mol. The lowest BCUT2D eigenvalue weighted by Gasteiger charge is -2.47. The summed E-state index contributed by atoms with van der Waals surface area (Å²) >= 11 is 0. The Hall–Kier alpha value is -0.780. The smallest absolute Gasteiger partial charge is 0.00247 e. The van der Waals surface area contributed by atoms with Crippen molar-refractivity contribution in [3.63, 3.8) is 0 Å². The summed E-state index contributed by atoms with van der Waals surface area (Å²) in [6, 6.07) is 9.09. The van der Waals surface area contributed by atoms with Gasteiger partial charge in [0.15, 0.2) is 0 Å². The van der Waals surface area contributed by atoms with E-state index in [9.17, 15) is 0 Å². The maximum absolute atomic E-state index is 2.39. The van der Waals surface area contributed by atoms with Crippen LogP contribution in [0.15, 0.2) is 24.3 Å². The quantitative estimate of drug-likeness (QED) is 0.607. The molecule has 1 aromatic carbocycles. The standard InChI is InChI=1S/C19H32/c1-13(2)17-11-9-10-12-18(17)19(14(3)4,15(5)6)16(7)8/h9-16H,1-8H3. The molecule has 0 radical (unpaired) electrons. The van der Waals surface area contributed by atoms with Crippen LogP contribution in [0.4, 0.5) is 0 Å². The van der Waals surface area contributed by atoms with Gasteiger partial charge in [0.25, 0.3) is 0 Å². The SMILES string of the molecule is CC(C)c1ccccc1C(C(C)C)(C(C)C)C(C)C. The van der Waals surface area contributed by atoms with Crippen molar-refractivity contribution in [2.24, 2.45) is 17.8 Å². The highest BCUT2D eigenvalue weighted by atomic mass is 14.5. The zero-order valence-electron chi connectivity index (χ0n) is 14.1. The molecule has 0 spiro atoms. The first-order chi connectivity index (χ1) is 8.76. The van der Waals surface area contributed by atoms with Gasteiger partial charge in [0.1, 0.15) is 0 Å². The minimum atomic E-state index is 0.265. The van der Waals surface area contributed by atoms with E-state index in [1.807, 2.05) is 0 Å². The van der Waals surface area contributed by atoms with Crippen LogP contribution >= 0.6 is 0 Å². The third-order valence-electron chi connectivity index (χ3n) is 4.92. The molecule has 0 aliphatic heterocycles. The maximum Gasteiger partial charge on any atom is 0.00247 e. The average Bonchev–Trinajstić information content (AvgIpc) is 2.28. The highest BCUT2D eigenvalue weighted by Gasteiger charge is 2.42. The number of hydrogen-bond donors (Lipinski definition) is 0. The lowest BCUT2D eigenvalue weighted by Crippen LogP contribution is -2.43. The highest BCUT2D eigenvalue weighted by molar-refractivity contribution is 5.38. The van der Waals surface area contributed by atoms with Crippen molar-refractivity contribution in [1.29, 1.82) is 0 Å². The van der Waals surface area contributed by atoms with Crippen LogP contribution in [-0.4, -0.2) is 0 Å². The van der Waals surface area contributed by atoms with E-state index in [0.29, 0.717) is 23.7 Å². The van der Waals surface area contributed by atoms with Crippen LogP contribution in [0.3, 0.4) is 0 Å². The summed E-state index contributed by atoms with van der Waals surface area (Å²) in [7, 11) is 0. The van der Waals surface area contributed by atoms with E-state index in [1.165, 1.54) is 5.56 Å². The highest BCUT2D eigenvalue weighted by Crippen LogP contribution is 2.47. The second-order valence-corrected chi connectivity index (χ2v) is 7.14. The molecule has 0 heterocycles. The summed E-state index contributed by atoms with van der Waals surface area (Å²) < 4.78 is 0. The van der Waals surface area contributed by atoms with Crippen molar-refractivity contribution < 1.29 is 0 Å². The van der Waals surface area contributed by atoms with E-state index in [2.05, 4.69) is 79.7 Å². The molecule has 108 valence electrons. The van der Waals surface area contributed by atoms with Gasteiger partial charge in [-0.05, 0) is 34.8 Å². The second-order valence-electron chi connectivity index (χ2n) is 7.14. The van der Waals surface area contributed by atoms with Gasteiger partial charge in [-0.2, -0.15) is 0 Å². The number of benzene rings is 1. The molecule has 0 fully saturated rings. The van der Waals surface area contributed by atoms with Crippen LogP contribution in [0.25, 0.3) is 0 Å². The van der Waals surface area contributed by atoms with Gasteiger partial charge in [-0.15, -0.1) is 0 Å². The molecule has 0 saturated heterocycles. The van der Waals surface area contributed by atoms with Crippen molar-refractivity contribution in [3.05, 3.63) is 35.4 Å². The Morgan fingerprint density at radius 1 is 0.684 bits per heavy atom. The topological polar surface area (TPSA) is 0 Å². The largest absolute Gasteiger partial charge is 0.0620 e. The van der Waals surface area contributed by atoms with E-state index in [0.717, 1.165) is 0 Å². The van der Waals surface area contributed by atoms with Crippen molar-refractivity contribution >= 4 is 0 Å². The Balaban J connectivity index is 3.58. The van der Waals surface area contributed by atoms with Crippen molar-refractivity contribution in [1.82, 2.24) is 0 Å². The minimum absolute atomic E-state index is 0.265. The Labute approximate surface area is 120 Å². The van der Waals surface area contributed by atoms with Gasteiger partial charge in [-0.25, -0.2) is 0 Å². The molecule has 0 aliphatic carbocycles. The van der Waals surface area contributed by atoms with E-state index in [4.69, 9.17) is 0 Å². The van der Waals surface area contributed by atoms with Crippen LogP contribution in [0.5, 0.6) is 0 Å². The Bertz CT molecular complexity index is 374. The molecule has 0 heteroatoms. The predicted molar refractivity (Wildman–Crippen MR) is 86.7 cm³/mol. The van der Waals surface area contributed by atoms with Gasteiger partial charge in [0.2, 0.25) is 0 Å². The third-order valence-corrected chi connectivity index (χ3v) is 4.92. The van der Waals surface area contributed by atoms with Crippen LogP contribution in [0.1, 0.15) is 72.4 Å². The summed E-state index contributed by atoms with van der Waals surface area (Å²) in [6.07, 6.45) is 0. The molecular formula is C19H32. The zero-order chi connectivity index (χ0) is 14.8.